The lowest BCUT2D eigenvalue weighted by atomic mass is 10.2. The van der Waals surface area contributed by atoms with E-state index in [1.165, 1.54) is 4.57 Å². The zero-order chi connectivity index (χ0) is 20.1. The Hall–Kier alpha value is -2.97. The molecule has 1 N–H and O–H groups in total. The molecule has 0 aliphatic rings. The molecule has 2 aromatic rings. The molecule has 0 saturated heterocycles. The Morgan fingerprint density at radius 1 is 1.22 bits per heavy atom. The zero-order valence-corrected chi connectivity index (χ0v) is 16.3. The molecule has 9 heteroatoms. The molecule has 0 aliphatic carbocycles. The van der Waals surface area contributed by atoms with Gasteiger partial charge in [0.1, 0.15) is 13.1 Å². The molecule has 0 atom stereocenters. The predicted molar refractivity (Wildman–Crippen MR) is 98.9 cm³/mol. The van der Waals surface area contributed by atoms with Gasteiger partial charge in [-0.05, 0) is 40.2 Å². The molecule has 27 heavy (non-hydrogen) atoms. The zero-order valence-electron chi connectivity index (χ0n) is 16.3. The van der Waals surface area contributed by atoms with E-state index >= 15 is 0 Å². The van der Waals surface area contributed by atoms with Crippen molar-refractivity contribution < 1.29 is 14.3 Å². The van der Waals surface area contributed by atoms with Crippen LogP contribution in [0.15, 0.2) is 10.9 Å². The van der Waals surface area contributed by atoms with E-state index in [1.807, 2.05) is 26.8 Å². The van der Waals surface area contributed by atoms with E-state index in [1.54, 1.807) is 18.5 Å². The third-order valence-corrected chi connectivity index (χ3v) is 4.04. The molecule has 1 amide bonds. The summed E-state index contributed by atoms with van der Waals surface area (Å²) in [5.74, 6) is -0.750. The van der Waals surface area contributed by atoms with Gasteiger partial charge in [0.15, 0.2) is 0 Å². The summed E-state index contributed by atoms with van der Waals surface area (Å²) in [7, 11) is 0. The van der Waals surface area contributed by atoms with Crippen molar-refractivity contribution in [2.75, 3.05) is 13.2 Å². The maximum Gasteiger partial charge on any atom is 0.325 e. The van der Waals surface area contributed by atoms with Gasteiger partial charge in [0.05, 0.1) is 18.0 Å². The second-order valence-electron chi connectivity index (χ2n) is 6.14. The van der Waals surface area contributed by atoms with Crippen LogP contribution in [0.2, 0.25) is 0 Å². The molecule has 0 spiro atoms. The number of aromatic nitrogens is 4. The van der Waals surface area contributed by atoms with Crippen LogP contribution < -0.4 is 10.9 Å². The average molecular weight is 375 g/mol. The lowest BCUT2D eigenvalue weighted by molar-refractivity contribution is -0.143. The highest BCUT2D eigenvalue weighted by molar-refractivity contribution is 5.81. The first-order valence-electron chi connectivity index (χ1n) is 8.84. The van der Waals surface area contributed by atoms with Gasteiger partial charge in [0.2, 0.25) is 11.9 Å². The van der Waals surface area contributed by atoms with Crippen molar-refractivity contribution in [3.63, 3.8) is 0 Å². The van der Waals surface area contributed by atoms with Crippen LogP contribution in [0.5, 0.6) is 0 Å². The first-order valence-corrected chi connectivity index (χ1v) is 8.84. The van der Waals surface area contributed by atoms with Gasteiger partial charge in [-0.25, -0.2) is 9.67 Å². The van der Waals surface area contributed by atoms with Gasteiger partial charge in [0.25, 0.3) is 5.56 Å². The summed E-state index contributed by atoms with van der Waals surface area (Å²) in [6, 6.07) is 1.86. The van der Waals surface area contributed by atoms with E-state index in [4.69, 9.17) is 4.74 Å². The minimum atomic E-state index is -0.534. The molecule has 2 heterocycles. The number of hydrogen-bond acceptors (Lipinski definition) is 6. The van der Waals surface area contributed by atoms with Crippen molar-refractivity contribution in [1.29, 1.82) is 0 Å². The standard InChI is InChI=1S/C18H25N5O4/c1-6-14-13(5)20-18(23-12(4)8-11(3)21-23)22(17(14)26)10-15(24)19-9-16(25)27-7-2/h8H,6-7,9-10H2,1-5H3,(H,19,24). The van der Waals surface area contributed by atoms with Crippen LogP contribution in [0.3, 0.4) is 0 Å². The molecule has 0 aromatic carbocycles. The number of carbonyl (C=O) groups excluding carboxylic acids is 2. The Labute approximate surface area is 157 Å². The van der Waals surface area contributed by atoms with E-state index in [2.05, 4.69) is 15.4 Å². The van der Waals surface area contributed by atoms with Gasteiger partial charge in [-0.2, -0.15) is 5.10 Å². The summed E-state index contributed by atoms with van der Waals surface area (Å²) in [6.07, 6.45) is 0.500. The molecule has 9 nitrogen and oxygen atoms in total. The van der Waals surface area contributed by atoms with Crippen LogP contribution in [0.1, 0.15) is 36.5 Å². The van der Waals surface area contributed by atoms with Crippen LogP contribution in [-0.2, 0) is 27.3 Å². The smallest absolute Gasteiger partial charge is 0.325 e. The third-order valence-electron chi connectivity index (χ3n) is 4.04. The van der Waals surface area contributed by atoms with Gasteiger partial charge in [-0.15, -0.1) is 0 Å². The molecule has 0 fully saturated rings. The molecule has 0 saturated carbocycles. The van der Waals surface area contributed by atoms with E-state index in [0.717, 1.165) is 11.4 Å². The van der Waals surface area contributed by atoms with Crippen LogP contribution in [-0.4, -0.2) is 44.4 Å². The largest absolute Gasteiger partial charge is 0.465 e. The van der Waals surface area contributed by atoms with E-state index in [-0.39, 0.29) is 31.2 Å². The Bertz CT molecular complexity index is 913. The summed E-state index contributed by atoms with van der Waals surface area (Å²) in [4.78, 5) is 41.1. The highest BCUT2D eigenvalue weighted by atomic mass is 16.5. The summed E-state index contributed by atoms with van der Waals surface area (Å²) in [6.45, 7) is 8.71. The second kappa shape index (κ2) is 8.61. The van der Waals surface area contributed by atoms with Gasteiger partial charge in [-0.1, -0.05) is 6.92 Å². The van der Waals surface area contributed by atoms with Crippen molar-refractivity contribution in [1.82, 2.24) is 24.6 Å². The number of carbonyl (C=O) groups is 2. The Balaban J connectivity index is 2.41. The fraction of sp³-hybridized carbons (Fsp3) is 0.500. The molecule has 0 bridgehead atoms. The quantitative estimate of drug-likeness (QED) is 0.710. The molecular weight excluding hydrogens is 350 g/mol. The average Bonchev–Trinajstić information content (AvgIpc) is 2.94. The number of ether oxygens (including phenoxy) is 1. The number of rotatable bonds is 7. The first kappa shape index (κ1) is 20.3. The van der Waals surface area contributed by atoms with Gasteiger partial charge in [-0.3, -0.25) is 19.0 Å². The SMILES string of the molecule is CCOC(=O)CNC(=O)Cn1c(-n2nc(C)cc2C)nc(C)c(CC)c1=O. The molecule has 0 aliphatic heterocycles. The van der Waals surface area contributed by atoms with Crippen LogP contribution in [0, 0.1) is 20.8 Å². The van der Waals surface area contributed by atoms with Crippen molar-refractivity contribution in [3.8, 4) is 5.95 Å². The van der Waals surface area contributed by atoms with E-state index in [0.29, 0.717) is 17.7 Å². The maximum atomic E-state index is 12.9. The summed E-state index contributed by atoms with van der Waals surface area (Å²) < 4.78 is 7.61. The molecule has 2 aromatic heterocycles. The lowest BCUT2D eigenvalue weighted by Gasteiger charge is -2.16. The molecule has 0 radical (unpaired) electrons. The Morgan fingerprint density at radius 2 is 1.93 bits per heavy atom. The van der Waals surface area contributed by atoms with Crippen LogP contribution in [0.25, 0.3) is 5.95 Å². The first-order chi connectivity index (χ1) is 12.8. The fourth-order valence-corrected chi connectivity index (χ4v) is 2.81. The van der Waals surface area contributed by atoms with Crippen LogP contribution in [0.4, 0.5) is 0 Å². The predicted octanol–water partition coefficient (Wildman–Crippen LogP) is 0.596. The number of nitrogens with zero attached hydrogens (tertiary/aromatic N) is 4. The topological polar surface area (TPSA) is 108 Å². The monoisotopic (exact) mass is 375 g/mol. The Kier molecular flexibility index (Phi) is 6.49. The second-order valence-corrected chi connectivity index (χ2v) is 6.14. The molecule has 2 rings (SSSR count). The molecule has 0 unspecified atom stereocenters. The van der Waals surface area contributed by atoms with Crippen molar-refractivity contribution in [2.24, 2.45) is 0 Å². The summed E-state index contributed by atoms with van der Waals surface area (Å²) in [5.41, 5.74) is 2.42. The van der Waals surface area contributed by atoms with Crippen molar-refractivity contribution in [3.05, 3.63) is 39.1 Å². The minimum absolute atomic E-state index is 0.234. The Morgan fingerprint density at radius 3 is 2.48 bits per heavy atom. The fourth-order valence-electron chi connectivity index (χ4n) is 2.81. The van der Waals surface area contributed by atoms with Gasteiger partial charge in [0, 0.05) is 11.3 Å². The summed E-state index contributed by atoms with van der Waals surface area (Å²) in [5, 5.41) is 6.84. The third kappa shape index (κ3) is 4.60. The number of amides is 1. The van der Waals surface area contributed by atoms with Gasteiger partial charge >= 0.3 is 5.97 Å². The van der Waals surface area contributed by atoms with Crippen molar-refractivity contribution >= 4 is 11.9 Å². The maximum absolute atomic E-state index is 12.9. The molecule has 146 valence electrons. The number of esters is 1. The highest BCUT2D eigenvalue weighted by Crippen LogP contribution is 2.11. The van der Waals surface area contributed by atoms with E-state index in [9.17, 15) is 14.4 Å². The summed E-state index contributed by atoms with van der Waals surface area (Å²) >= 11 is 0. The van der Waals surface area contributed by atoms with Crippen molar-refractivity contribution in [2.45, 2.75) is 47.6 Å². The minimum Gasteiger partial charge on any atom is -0.465 e. The van der Waals surface area contributed by atoms with E-state index < -0.39 is 11.9 Å². The highest BCUT2D eigenvalue weighted by Gasteiger charge is 2.19. The number of hydrogen-bond donors (Lipinski definition) is 1. The molecular formula is C18H25N5O4. The number of nitrogens with one attached hydrogen (secondary N) is 1. The normalized spacial score (nSPS) is 10.7. The lowest BCUT2D eigenvalue weighted by Crippen LogP contribution is -2.38. The van der Waals surface area contributed by atoms with Gasteiger partial charge < -0.3 is 10.1 Å². The van der Waals surface area contributed by atoms with Crippen LogP contribution >= 0.6 is 0 Å². The number of aryl methyl sites for hydroxylation is 3.